The molecule has 0 aromatic carbocycles. The molecule has 1 rings (SSSR count). The summed E-state index contributed by atoms with van der Waals surface area (Å²) in [6, 6.07) is 1.77. The van der Waals surface area contributed by atoms with Crippen LogP contribution in [0.1, 0.15) is 25.7 Å². The van der Waals surface area contributed by atoms with Gasteiger partial charge in [0.15, 0.2) is 0 Å². The topological polar surface area (TPSA) is 67.3 Å². The lowest BCUT2D eigenvalue weighted by Crippen LogP contribution is -2.04. The zero-order chi connectivity index (χ0) is 11.6. The molecule has 90 valence electrons. The maximum Gasteiger partial charge on any atom is 0.218 e. The third-order valence-electron chi connectivity index (χ3n) is 2.24. The van der Waals surface area contributed by atoms with E-state index in [1.165, 1.54) is 6.33 Å². The third-order valence-corrected chi connectivity index (χ3v) is 2.24. The molecule has 0 radical (unpaired) electrons. The van der Waals surface area contributed by atoms with Gasteiger partial charge in [-0.05, 0) is 12.8 Å². The van der Waals surface area contributed by atoms with E-state index in [-0.39, 0.29) is 6.61 Å². The van der Waals surface area contributed by atoms with Gasteiger partial charge in [0.1, 0.15) is 12.1 Å². The van der Waals surface area contributed by atoms with Gasteiger partial charge >= 0.3 is 0 Å². The Morgan fingerprint density at radius 3 is 2.81 bits per heavy atom. The van der Waals surface area contributed by atoms with Crippen LogP contribution in [0.3, 0.4) is 0 Å². The Morgan fingerprint density at radius 2 is 2.06 bits per heavy atom. The highest BCUT2D eigenvalue weighted by Gasteiger charge is 1.97. The van der Waals surface area contributed by atoms with Gasteiger partial charge in [-0.25, -0.2) is 9.97 Å². The molecule has 1 aromatic heterocycles. The van der Waals surface area contributed by atoms with Crippen molar-refractivity contribution in [3.05, 3.63) is 12.4 Å². The van der Waals surface area contributed by atoms with Crippen LogP contribution in [-0.2, 0) is 0 Å². The van der Waals surface area contributed by atoms with E-state index in [0.717, 1.165) is 38.0 Å². The molecule has 2 N–H and O–H groups in total. The number of unbranched alkanes of at least 4 members (excludes halogenated alkanes) is 3. The number of nitrogens with zero attached hydrogens (tertiary/aromatic N) is 2. The van der Waals surface area contributed by atoms with Gasteiger partial charge in [0.05, 0.1) is 7.11 Å². The van der Waals surface area contributed by atoms with Crippen LogP contribution in [0.25, 0.3) is 0 Å². The molecule has 5 heteroatoms. The number of methoxy groups -OCH3 is 1. The monoisotopic (exact) mass is 225 g/mol. The molecular formula is C11H19N3O2. The first-order chi connectivity index (χ1) is 7.86. The summed E-state index contributed by atoms with van der Waals surface area (Å²) in [5.41, 5.74) is 0. The predicted molar refractivity (Wildman–Crippen MR) is 62.6 cm³/mol. The summed E-state index contributed by atoms with van der Waals surface area (Å²) in [7, 11) is 1.58. The number of hydrogen-bond acceptors (Lipinski definition) is 5. The highest BCUT2D eigenvalue weighted by Crippen LogP contribution is 2.10. The van der Waals surface area contributed by atoms with E-state index >= 15 is 0 Å². The quantitative estimate of drug-likeness (QED) is 0.655. The molecule has 1 aromatic rings. The Balaban J connectivity index is 2.16. The summed E-state index contributed by atoms with van der Waals surface area (Å²) in [4.78, 5) is 8.00. The molecule has 1 heterocycles. The second kappa shape index (κ2) is 7.87. The molecule has 0 bridgehead atoms. The fraction of sp³-hybridized carbons (Fsp3) is 0.636. The van der Waals surface area contributed by atoms with Crippen LogP contribution < -0.4 is 10.1 Å². The average Bonchev–Trinajstić information content (AvgIpc) is 2.34. The van der Waals surface area contributed by atoms with Gasteiger partial charge in [0.2, 0.25) is 5.88 Å². The Labute approximate surface area is 95.9 Å². The third kappa shape index (κ3) is 4.93. The zero-order valence-corrected chi connectivity index (χ0v) is 9.65. The van der Waals surface area contributed by atoms with Crippen LogP contribution in [0.4, 0.5) is 5.82 Å². The first-order valence-electron chi connectivity index (χ1n) is 5.57. The lowest BCUT2D eigenvalue weighted by molar-refractivity contribution is 0.283. The molecule has 0 aliphatic carbocycles. The molecule has 0 saturated carbocycles. The van der Waals surface area contributed by atoms with Crippen LogP contribution in [0, 0.1) is 0 Å². The SMILES string of the molecule is COc1cc(NCCCCCCO)ncn1. The van der Waals surface area contributed by atoms with Crippen LogP contribution >= 0.6 is 0 Å². The molecule has 16 heavy (non-hydrogen) atoms. The summed E-state index contributed by atoms with van der Waals surface area (Å²) in [5, 5.41) is 11.8. The van der Waals surface area contributed by atoms with Gasteiger partial charge < -0.3 is 15.2 Å². The van der Waals surface area contributed by atoms with E-state index in [4.69, 9.17) is 9.84 Å². The van der Waals surface area contributed by atoms with E-state index in [1.54, 1.807) is 13.2 Å². The van der Waals surface area contributed by atoms with Gasteiger partial charge in [0.25, 0.3) is 0 Å². The van der Waals surface area contributed by atoms with Crippen molar-refractivity contribution in [2.45, 2.75) is 25.7 Å². The van der Waals surface area contributed by atoms with Crippen molar-refractivity contribution < 1.29 is 9.84 Å². The number of rotatable bonds is 8. The van der Waals surface area contributed by atoms with E-state index in [1.807, 2.05) is 0 Å². The van der Waals surface area contributed by atoms with Crippen molar-refractivity contribution in [3.8, 4) is 5.88 Å². The number of hydrogen-bond donors (Lipinski definition) is 2. The summed E-state index contributed by atoms with van der Waals surface area (Å²) in [6.07, 6.45) is 5.64. The van der Waals surface area contributed by atoms with E-state index in [0.29, 0.717) is 5.88 Å². The van der Waals surface area contributed by atoms with E-state index in [2.05, 4.69) is 15.3 Å². The lowest BCUT2D eigenvalue weighted by Gasteiger charge is -2.05. The number of nitrogens with one attached hydrogen (secondary N) is 1. The van der Waals surface area contributed by atoms with Crippen molar-refractivity contribution in [2.24, 2.45) is 0 Å². The minimum atomic E-state index is 0.288. The molecule has 0 saturated heterocycles. The zero-order valence-electron chi connectivity index (χ0n) is 9.65. The molecule has 0 aliphatic heterocycles. The summed E-state index contributed by atoms with van der Waals surface area (Å²) in [6.45, 7) is 1.17. The lowest BCUT2D eigenvalue weighted by atomic mass is 10.2. The Hall–Kier alpha value is -1.36. The van der Waals surface area contributed by atoms with Gasteiger partial charge in [-0.3, -0.25) is 0 Å². The average molecular weight is 225 g/mol. The van der Waals surface area contributed by atoms with Crippen molar-refractivity contribution in [1.29, 1.82) is 0 Å². The molecule has 0 amide bonds. The van der Waals surface area contributed by atoms with Crippen LogP contribution in [0.15, 0.2) is 12.4 Å². The molecular weight excluding hydrogens is 206 g/mol. The first-order valence-corrected chi connectivity index (χ1v) is 5.57. The molecule has 0 spiro atoms. The largest absolute Gasteiger partial charge is 0.481 e. The Morgan fingerprint density at radius 1 is 1.25 bits per heavy atom. The summed E-state index contributed by atoms with van der Waals surface area (Å²) < 4.78 is 5.00. The Bertz CT molecular complexity index is 294. The molecule has 5 nitrogen and oxygen atoms in total. The van der Waals surface area contributed by atoms with Crippen LogP contribution in [0.5, 0.6) is 5.88 Å². The number of aromatic nitrogens is 2. The predicted octanol–water partition coefficient (Wildman–Crippen LogP) is 1.45. The normalized spacial score (nSPS) is 10.1. The van der Waals surface area contributed by atoms with E-state index < -0.39 is 0 Å². The maximum absolute atomic E-state index is 8.61. The first kappa shape index (κ1) is 12.7. The van der Waals surface area contributed by atoms with Gasteiger partial charge in [-0.15, -0.1) is 0 Å². The molecule has 0 aliphatic rings. The molecule has 0 unspecified atom stereocenters. The number of ether oxygens (including phenoxy) is 1. The summed E-state index contributed by atoms with van der Waals surface area (Å²) in [5.74, 6) is 1.35. The highest BCUT2D eigenvalue weighted by atomic mass is 16.5. The van der Waals surface area contributed by atoms with Crippen LogP contribution in [-0.4, -0.2) is 35.3 Å². The minimum absolute atomic E-state index is 0.288. The number of aliphatic hydroxyl groups is 1. The number of aliphatic hydroxyl groups excluding tert-OH is 1. The highest BCUT2D eigenvalue weighted by molar-refractivity contribution is 5.36. The fourth-order valence-corrected chi connectivity index (χ4v) is 1.35. The van der Waals surface area contributed by atoms with Gasteiger partial charge in [-0.1, -0.05) is 12.8 Å². The number of anilines is 1. The fourth-order valence-electron chi connectivity index (χ4n) is 1.35. The van der Waals surface area contributed by atoms with Crippen molar-refractivity contribution in [3.63, 3.8) is 0 Å². The maximum atomic E-state index is 8.61. The second-order valence-corrected chi connectivity index (χ2v) is 3.51. The van der Waals surface area contributed by atoms with Gasteiger partial charge in [0, 0.05) is 19.2 Å². The van der Waals surface area contributed by atoms with Crippen molar-refractivity contribution in [1.82, 2.24) is 9.97 Å². The summed E-state index contributed by atoms with van der Waals surface area (Å²) >= 11 is 0. The smallest absolute Gasteiger partial charge is 0.218 e. The molecule has 0 atom stereocenters. The van der Waals surface area contributed by atoms with Crippen molar-refractivity contribution >= 4 is 5.82 Å². The minimum Gasteiger partial charge on any atom is -0.481 e. The van der Waals surface area contributed by atoms with E-state index in [9.17, 15) is 0 Å². The molecule has 0 fully saturated rings. The Kier molecular flexibility index (Phi) is 6.25. The van der Waals surface area contributed by atoms with Gasteiger partial charge in [-0.2, -0.15) is 0 Å². The second-order valence-electron chi connectivity index (χ2n) is 3.51. The van der Waals surface area contributed by atoms with Crippen molar-refractivity contribution in [2.75, 3.05) is 25.6 Å². The van der Waals surface area contributed by atoms with Crippen LogP contribution in [0.2, 0.25) is 0 Å². The standard InChI is InChI=1S/C11H19N3O2/c1-16-11-8-10(13-9-14-11)12-6-4-2-3-5-7-15/h8-9,15H,2-7H2,1H3,(H,12,13,14).